The number of thioether (sulfide) groups is 1. The van der Waals surface area contributed by atoms with E-state index in [-0.39, 0.29) is 11.3 Å². The van der Waals surface area contributed by atoms with Crippen LogP contribution in [0.25, 0.3) is 0 Å². The summed E-state index contributed by atoms with van der Waals surface area (Å²) in [7, 11) is 3.26. The Hall–Kier alpha value is -2.14. The maximum atomic E-state index is 12.3. The van der Waals surface area contributed by atoms with Crippen LogP contribution in [-0.2, 0) is 11.2 Å². The van der Waals surface area contributed by atoms with Crippen LogP contribution < -0.4 is 9.47 Å². The van der Waals surface area contributed by atoms with Gasteiger partial charge in [0.2, 0.25) is 5.91 Å². The monoisotopic (exact) mass is 357 g/mol. The molecular weight excluding hydrogens is 334 g/mol. The van der Waals surface area contributed by atoms with Crippen molar-refractivity contribution in [1.82, 2.24) is 4.90 Å². The Labute approximate surface area is 153 Å². The Balaban J connectivity index is 1.72. The molecule has 2 aromatic rings. The minimum absolute atomic E-state index is 0.105. The molecule has 0 saturated carbocycles. The molecule has 132 valence electrons. The number of amides is 1. The molecule has 0 bridgehead atoms. The lowest BCUT2D eigenvalue weighted by atomic mass is 10.1. The molecule has 1 saturated heterocycles. The van der Waals surface area contributed by atoms with Gasteiger partial charge in [-0.3, -0.25) is 4.79 Å². The van der Waals surface area contributed by atoms with E-state index in [0.717, 1.165) is 23.5 Å². The van der Waals surface area contributed by atoms with Crippen molar-refractivity contribution >= 4 is 17.7 Å². The number of carbonyl (C=O) groups is 1. The largest absolute Gasteiger partial charge is 0.493 e. The molecular formula is C20H23NO3S. The van der Waals surface area contributed by atoms with Gasteiger partial charge in [-0.25, -0.2) is 0 Å². The van der Waals surface area contributed by atoms with Crippen molar-refractivity contribution in [2.75, 3.05) is 26.5 Å². The summed E-state index contributed by atoms with van der Waals surface area (Å²) < 4.78 is 10.6. The van der Waals surface area contributed by atoms with Crippen molar-refractivity contribution < 1.29 is 14.3 Å². The highest BCUT2D eigenvalue weighted by atomic mass is 32.2. The highest BCUT2D eigenvalue weighted by molar-refractivity contribution is 8.00. The van der Waals surface area contributed by atoms with Gasteiger partial charge in [-0.2, -0.15) is 0 Å². The summed E-state index contributed by atoms with van der Waals surface area (Å²) in [5, 5.41) is 0.105. The summed E-state index contributed by atoms with van der Waals surface area (Å²) >= 11 is 1.70. The van der Waals surface area contributed by atoms with Crippen molar-refractivity contribution in [3.63, 3.8) is 0 Å². The molecule has 1 fully saturated rings. The fraction of sp³-hybridized carbons (Fsp3) is 0.350. The van der Waals surface area contributed by atoms with Gasteiger partial charge in [0.1, 0.15) is 5.37 Å². The zero-order chi connectivity index (χ0) is 17.8. The smallest absolute Gasteiger partial charge is 0.233 e. The van der Waals surface area contributed by atoms with Crippen molar-refractivity contribution in [2.24, 2.45) is 0 Å². The minimum Gasteiger partial charge on any atom is -0.493 e. The fourth-order valence-corrected chi connectivity index (χ4v) is 4.21. The molecule has 1 atom stereocenters. The van der Waals surface area contributed by atoms with Gasteiger partial charge in [0.05, 0.1) is 20.0 Å². The summed E-state index contributed by atoms with van der Waals surface area (Å²) in [6, 6.07) is 14.4. The molecule has 3 rings (SSSR count). The molecule has 1 aliphatic rings. The van der Waals surface area contributed by atoms with Gasteiger partial charge in [0.25, 0.3) is 0 Å². The average molecular weight is 357 g/mol. The second-order valence-corrected chi connectivity index (χ2v) is 7.17. The van der Waals surface area contributed by atoms with Crippen LogP contribution in [0.4, 0.5) is 0 Å². The summed E-state index contributed by atoms with van der Waals surface area (Å²) in [4.78, 5) is 14.3. The third kappa shape index (κ3) is 3.93. The van der Waals surface area contributed by atoms with E-state index in [4.69, 9.17) is 9.47 Å². The summed E-state index contributed by atoms with van der Waals surface area (Å²) in [6.07, 6.45) is 0.787. The van der Waals surface area contributed by atoms with E-state index in [1.165, 1.54) is 11.1 Å². The molecule has 0 spiro atoms. The lowest BCUT2D eigenvalue weighted by molar-refractivity contribution is -0.128. The Morgan fingerprint density at radius 2 is 1.80 bits per heavy atom. The van der Waals surface area contributed by atoms with Crippen LogP contribution >= 0.6 is 11.8 Å². The number of ether oxygens (including phenoxy) is 2. The maximum Gasteiger partial charge on any atom is 0.233 e. The van der Waals surface area contributed by atoms with Crippen molar-refractivity contribution in [2.45, 2.75) is 18.7 Å². The van der Waals surface area contributed by atoms with Gasteiger partial charge in [0.15, 0.2) is 11.5 Å². The van der Waals surface area contributed by atoms with Crippen LogP contribution in [-0.4, -0.2) is 37.3 Å². The van der Waals surface area contributed by atoms with Crippen LogP contribution in [0.15, 0.2) is 42.5 Å². The first-order chi connectivity index (χ1) is 12.1. The first-order valence-corrected chi connectivity index (χ1v) is 9.36. The summed E-state index contributed by atoms with van der Waals surface area (Å²) in [5.41, 5.74) is 3.55. The highest BCUT2D eigenvalue weighted by Gasteiger charge is 2.32. The lowest BCUT2D eigenvalue weighted by Crippen LogP contribution is -2.30. The number of benzene rings is 2. The van der Waals surface area contributed by atoms with Crippen LogP contribution in [0.1, 0.15) is 22.1 Å². The predicted molar refractivity (Wildman–Crippen MR) is 101 cm³/mol. The van der Waals surface area contributed by atoms with E-state index in [0.29, 0.717) is 12.3 Å². The van der Waals surface area contributed by atoms with Gasteiger partial charge < -0.3 is 14.4 Å². The third-order valence-electron chi connectivity index (χ3n) is 4.42. The Morgan fingerprint density at radius 1 is 1.08 bits per heavy atom. The topological polar surface area (TPSA) is 38.8 Å². The molecule has 2 aromatic carbocycles. The number of aryl methyl sites for hydroxylation is 1. The van der Waals surface area contributed by atoms with Crippen molar-refractivity contribution in [3.8, 4) is 11.5 Å². The van der Waals surface area contributed by atoms with Crippen molar-refractivity contribution in [3.05, 3.63) is 59.2 Å². The molecule has 25 heavy (non-hydrogen) atoms. The number of rotatable bonds is 6. The lowest BCUT2D eigenvalue weighted by Gasteiger charge is -2.24. The summed E-state index contributed by atoms with van der Waals surface area (Å²) in [6.45, 7) is 2.77. The molecule has 1 aliphatic heterocycles. The minimum atomic E-state index is 0.105. The highest BCUT2D eigenvalue weighted by Crippen LogP contribution is 2.38. The van der Waals surface area contributed by atoms with Crippen LogP contribution in [0, 0.1) is 6.92 Å². The van der Waals surface area contributed by atoms with Gasteiger partial charge in [-0.05, 0) is 36.6 Å². The van der Waals surface area contributed by atoms with E-state index in [1.54, 1.807) is 26.0 Å². The molecule has 0 unspecified atom stereocenters. The first-order valence-electron chi connectivity index (χ1n) is 8.31. The van der Waals surface area contributed by atoms with Crippen LogP contribution in [0.3, 0.4) is 0 Å². The normalized spacial score (nSPS) is 17.0. The van der Waals surface area contributed by atoms with E-state index < -0.39 is 0 Å². The zero-order valence-electron chi connectivity index (χ0n) is 14.8. The van der Waals surface area contributed by atoms with E-state index in [9.17, 15) is 4.79 Å². The summed E-state index contributed by atoms with van der Waals surface area (Å²) in [5.74, 6) is 2.19. The molecule has 0 N–H and O–H groups in total. The Bertz CT molecular complexity index is 745. The standard InChI is InChI=1S/C20H23NO3S/c1-14-4-7-16(8-5-14)20-21(19(22)13-25-20)11-10-15-6-9-17(23-2)18(12-15)24-3/h4-9,12,20H,10-11,13H2,1-3H3/t20-/m0/s1. The second-order valence-electron chi connectivity index (χ2n) is 6.10. The Kier molecular flexibility index (Phi) is 5.53. The molecule has 0 aliphatic carbocycles. The van der Waals surface area contributed by atoms with Crippen molar-refractivity contribution in [1.29, 1.82) is 0 Å². The van der Waals surface area contributed by atoms with Crippen LogP contribution in [0.5, 0.6) is 11.5 Å². The van der Waals surface area contributed by atoms with E-state index in [2.05, 4.69) is 31.2 Å². The number of methoxy groups -OCH3 is 2. The van der Waals surface area contributed by atoms with E-state index in [1.807, 2.05) is 23.1 Å². The third-order valence-corrected chi connectivity index (χ3v) is 5.68. The second kappa shape index (κ2) is 7.83. The van der Waals surface area contributed by atoms with Gasteiger partial charge >= 0.3 is 0 Å². The zero-order valence-corrected chi connectivity index (χ0v) is 15.6. The fourth-order valence-electron chi connectivity index (χ4n) is 2.99. The molecule has 0 radical (unpaired) electrons. The average Bonchev–Trinajstić information content (AvgIpc) is 3.01. The number of nitrogens with zero attached hydrogens (tertiary/aromatic N) is 1. The van der Waals surface area contributed by atoms with Crippen LogP contribution in [0.2, 0.25) is 0 Å². The van der Waals surface area contributed by atoms with Gasteiger partial charge in [-0.15, -0.1) is 11.8 Å². The van der Waals surface area contributed by atoms with E-state index >= 15 is 0 Å². The van der Waals surface area contributed by atoms with Gasteiger partial charge in [-0.1, -0.05) is 35.9 Å². The predicted octanol–water partition coefficient (Wildman–Crippen LogP) is 3.83. The SMILES string of the molecule is COc1ccc(CCN2C(=O)CS[C@H]2c2ccc(C)cc2)cc1OC. The molecule has 1 heterocycles. The molecule has 4 nitrogen and oxygen atoms in total. The Morgan fingerprint density at radius 3 is 2.48 bits per heavy atom. The number of hydrogen-bond donors (Lipinski definition) is 0. The quantitative estimate of drug-likeness (QED) is 0.788. The maximum absolute atomic E-state index is 12.3. The number of carbonyl (C=O) groups excluding carboxylic acids is 1. The molecule has 1 amide bonds. The van der Waals surface area contributed by atoms with Gasteiger partial charge in [0, 0.05) is 6.54 Å². The first kappa shape index (κ1) is 17.7. The molecule has 5 heteroatoms. The number of hydrogen-bond acceptors (Lipinski definition) is 4. The molecule has 0 aromatic heterocycles.